The van der Waals surface area contributed by atoms with Gasteiger partial charge in [-0.25, -0.2) is 0 Å². The summed E-state index contributed by atoms with van der Waals surface area (Å²) in [6.07, 6.45) is 3.20. The first-order valence-electron chi connectivity index (χ1n) is 12.9. The van der Waals surface area contributed by atoms with Gasteiger partial charge in [-0.3, -0.25) is 0 Å². The fraction of sp³-hybridized carbons (Fsp3) is 0.273. The van der Waals surface area contributed by atoms with Crippen molar-refractivity contribution < 1.29 is 0 Å². The second-order valence-electron chi connectivity index (χ2n) is 9.55. The van der Waals surface area contributed by atoms with E-state index < -0.39 is 0 Å². The molecule has 4 rings (SSSR count). The third-order valence-corrected chi connectivity index (χ3v) is 7.38. The fourth-order valence-corrected chi connectivity index (χ4v) is 5.37. The summed E-state index contributed by atoms with van der Waals surface area (Å²) in [4.78, 5) is 0. The smallest absolute Gasteiger partial charge is 0.0314 e. The van der Waals surface area contributed by atoms with Crippen LogP contribution in [0.3, 0.4) is 0 Å². The van der Waals surface area contributed by atoms with Gasteiger partial charge in [0, 0.05) is 29.1 Å². The second-order valence-corrected chi connectivity index (χ2v) is 9.55. The molecule has 2 heteroatoms. The Morgan fingerprint density at radius 3 is 0.714 bits per heavy atom. The highest BCUT2D eigenvalue weighted by Crippen LogP contribution is 2.34. The van der Waals surface area contributed by atoms with Crippen LogP contribution >= 0.6 is 0 Å². The van der Waals surface area contributed by atoms with Crippen LogP contribution in [0.25, 0.3) is 0 Å². The molecule has 0 amide bonds. The molecule has 0 radical (unpaired) electrons. The highest BCUT2D eigenvalue weighted by molar-refractivity contribution is 5.45. The van der Waals surface area contributed by atoms with E-state index >= 15 is 0 Å². The molecule has 2 nitrogen and oxygen atoms in total. The lowest BCUT2D eigenvalue weighted by molar-refractivity contribution is 0.756. The van der Waals surface area contributed by atoms with Gasteiger partial charge >= 0.3 is 0 Å². The molecule has 4 aromatic rings. The van der Waals surface area contributed by atoms with Crippen molar-refractivity contribution in [2.75, 3.05) is 11.5 Å². The van der Waals surface area contributed by atoms with Crippen molar-refractivity contribution >= 4 is 11.4 Å². The number of rotatable bonds is 9. The van der Waals surface area contributed by atoms with Crippen LogP contribution in [-0.4, -0.2) is 0 Å². The van der Waals surface area contributed by atoms with Crippen molar-refractivity contribution in [2.24, 2.45) is 0 Å². The van der Waals surface area contributed by atoms with Crippen molar-refractivity contribution in [3.8, 4) is 0 Å². The molecule has 4 N–H and O–H groups in total. The Balaban J connectivity index is 1.54. The van der Waals surface area contributed by atoms with Crippen LogP contribution in [0.1, 0.15) is 91.2 Å². The molecule has 0 aliphatic rings. The predicted molar refractivity (Wildman–Crippen MR) is 151 cm³/mol. The van der Waals surface area contributed by atoms with Crippen LogP contribution in [0.2, 0.25) is 0 Å². The number of benzene rings is 4. The van der Waals surface area contributed by atoms with Gasteiger partial charge in [0.15, 0.2) is 0 Å². The summed E-state index contributed by atoms with van der Waals surface area (Å²) in [5, 5.41) is 0. The Morgan fingerprint density at radius 1 is 0.371 bits per heavy atom. The zero-order valence-electron chi connectivity index (χ0n) is 21.2. The molecule has 2 atom stereocenters. The van der Waals surface area contributed by atoms with Crippen molar-refractivity contribution in [3.63, 3.8) is 0 Å². The van der Waals surface area contributed by atoms with Gasteiger partial charge in [-0.05, 0) is 76.9 Å². The largest absolute Gasteiger partial charge is 0.399 e. The zero-order chi connectivity index (χ0) is 24.8. The van der Waals surface area contributed by atoms with E-state index in [0.29, 0.717) is 17.8 Å². The van der Waals surface area contributed by atoms with Crippen molar-refractivity contribution in [1.82, 2.24) is 0 Å². The molecule has 0 aliphatic heterocycles. The summed E-state index contributed by atoms with van der Waals surface area (Å²) in [5.74, 6) is 1.18. The maximum atomic E-state index is 5.89. The zero-order valence-corrected chi connectivity index (χ0v) is 21.2. The number of nitrogens with two attached hydrogens (primary N) is 2. The van der Waals surface area contributed by atoms with Crippen molar-refractivity contribution in [2.45, 2.75) is 57.8 Å². The minimum atomic E-state index is 0.392. The van der Waals surface area contributed by atoms with E-state index in [9.17, 15) is 0 Å². The summed E-state index contributed by atoms with van der Waals surface area (Å²) in [5.41, 5.74) is 21.5. The highest BCUT2D eigenvalue weighted by atomic mass is 14.5. The summed E-state index contributed by atoms with van der Waals surface area (Å²) >= 11 is 0. The van der Waals surface area contributed by atoms with Crippen LogP contribution in [0.15, 0.2) is 97.1 Å². The van der Waals surface area contributed by atoms with E-state index in [1.54, 1.807) is 0 Å². The molecule has 180 valence electrons. The third-order valence-electron chi connectivity index (χ3n) is 7.38. The van der Waals surface area contributed by atoms with E-state index in [1.165, 1.54) is 33.4 Å². The van der Waals surface area contributed by atoms with E-state index in [0.717, 1.165) is 30.6 Å². The lowest BCUT2D eigenvalue weighted by Gasteiger charge is -2.21. The van der Waals surface area contributed by atoms with Crippen LogP contribution in [0.4, 0.5) is 11.4 Å². The van der Waals surface area contributed by atoms with Crippen LogP contribution in [0, 0.1) is 0 Å². The molecule has 4 aromatic carbocycles. The van der Waals surface area contributed by atoms with Gasteiger partial charge in [-0.15, -0.1) is 0 Å². The van der Waals surface area contributed by atoms with Gasteiger partial charge in [0.25, 0.3) is 0 Å². The Hall–Kier alpha value is -3.52. The molecular weight excluding hydrogens is 424 g/mol. The Morgan fingerprint density at radius 2 is 0.543 bits per heavy atom. The number of hydrogen-bond donors (Lipinski definition) is 2. The molecule has 0 fully saturated rings. The van der Waals surface area contributed by atoms with Crippen LogP contribution in [0.5, 0.6) is 0 Å². The minimum Gasteiger partial charge on any atom is -0.399 e. The predicted octanol–water partition coefficient (Wildman–Crippen LogP) is 8.48. The maximum Gasteiger partial charge on any atom is 0.0314 e. The summed E-state index contributed by atoms with van der Waals surface area (Å²) in [6, 6.07) is 35.1. The van der Waals surface area contributed by atoms with Gasteiger partial charge in [-0.2, -0.15) is 0 Å². The molecule has 0 aromatic heterocycles. The Bertz CT molecular complexity index is 1090. The molecular formula is C33H38N2. The summed E-state index contributed by atoms with van der Waals surface area (Å²) < 4.78 is 0. The third kappa shape index (κ3) is 5.59. The van der Waals surface area contributed by atoms with Gasteiger partial charge in [0.2, 0.25) is 0 Å². The minimum absolute atomic E-state index is 0.392. The molecule has 0 heterocycles. The van der Waals surface area contributed by atoms with Crippen LogP contribution in [-0.2, 0) is 0 Å². The molecule has 0 aliphatic carbocycles. The topological polar surface area (TPSA) is 52.0 Å². The van der Waals surface area contributed by atoms with Crippen LogP contribution < -0.4 is 11.5 Å². The highest BCUT2D eigenvalue weighted by Gasteiger charge is 2.17. The standard InChI is InChI=1S/C33H38N2/c1-4-31(23-7-11-25(12-8-23)32(5-2)27-15-19-29(34)20-16-27)24-9-13-26(14-10-24)33(6-3)28-17-21-30(35)22-18-28/h7-22,31-33H,4-6,34-35H2,1-3H3. The Kier molecular flexibility index (Phi) is 7.92. The maximum absolute atomic E-state index is 5.89. The summed E-state index contributed by atoms with van der Waals surface area (Å²) in [6.45, 7) is 6.78. The quantitative estimate of drug-likeness (QED) is 0.245. The summed E-state index contributed by atoms with van der Waals surface area (Å²) in [7, 11) is 0. The van der Waals surface area contributed by atoms with E-state index in [1.807, 2.05) is 24.3 Å². The molecule has 2 unspecified atom stereocenters. The van der Waals surface area contributed by atoms with Gasteiger partial charge in [0.1, 0.15) is 0 Å². The van der Waals surface area contributed by atoms with Gasteiger partial charge in [0.05, 0.1) is 0 Å². The first-order chi connectivity index (χ1) is 17.0. The fourth-order valence-electron chi connectivity index (χ4n) is 5.37. The van der Waals surface area contributed by atoms with Crippen molar-refractivity contribution in [3.05, 3.63) is 130 Å². The molecule has 0 saturated carbocycles. The lowest BCUT2D eigenvalue weighted by Crippen LogP contribution is -2.04. The number of nitrogen functional groups attached to an aromatic ring is 2. The normalized spacial score (nSPS) is 13.8. The first kappa shape index (κ1) is 24.6. The SMILES string of the molecule is CCC(c1ccc(N)cc1)c1ccc(C(CC)c2ccc(C(CC)c3ccc(N)cc3)cc2)cc1. The van der Waals surface area contributed by atoms with Crippen molar-refractivity contribution in [1.29, 1.82) is 0 Å². The number of hydrogen-bond acceptors (Lipinski definition) is 2. The Labute approximate surface area is 211 Å². The monoisotopic (exact) mass is 462 g/mol. The lowest BCUT2D eigenvalue weighted by atomic mass is 9.83. The van der Waals surface area contributed by atoms with Gasteiger partial charge in [-0.1, -0.05) is 93.6 Å². The first-order valence-corrected chi connectivity index (χ1v) is 12.9. The molecule has 0 spiro atoms. The van der Waals surface area contributed by atoms with Gasteiger partial charge < -0.3 is 11.5 Å². The van der Waals surface area contributed by atoms with E-state index in [2.05, 4.69) is 93.6 Å². The van der Waals surface area contributed by atoms with E-state index in [4.69, 9.17) is 11.5 Å². The second kappa shape index (κ2) is 11.3. The molecule has 35 heavy (non-hydrogen) atoms. The van der Waals surface area contributed by atoms with E-state index in [-0.39, 0.29) is 0 Å². The number of anilines is 2. The molecule has 0 bridgehead atoms. The average Bonchev–Trinajstić information content (AvgIpc) is 2.89. The average molecular weight is 463 g/mol. The molecule has 0 saturated heterocycles.